The van der Waals surface area contributed by atoms with Gasteiger partial charge in [0, 0.05) is 10.4 Å². The molecule has 31 heavy (non-hydrogen) atoms. The van der Waals surface area contributed by atoms with Gasteiger partial charge < -0.3 is 15.8 Å². The van der Waals surface area contributed by atoms with E-state index in [2.05, 4.69) is 10.3 Å². The number of rotatable bonds is 5. The van der Waals surface area contributed by atoms with Crippen LogP contribution in [0.3, 0.4) is 0 Å². The first kappa shape index (κ1) is 20.5. The normalized spacial score (nSPS) is 12.8. The summed E-state index contributed by atoms with van der Waals surface area (Å²) in [4.78, 5) is 43.9. The van der Waals surface area contributed by atoms with E-state index in [1.54, 1.807) is 41.7 Å². The highest BCUT2D eigenvalue weighted by molar-refractivity contribution is 7.11. The van der Waals surface area contributed by atoms with Gasteiger partial charge in [-0.1, -0.05) is 12.1 Å². The number of anilines is 2. The molecule has 0 saturated carbocycles. The Balaban J connectivity index is 1.62. The van der Waals surface area contributed by atoms with Gasteiger partial charge in [0.1, 0.15) is 12.3 Å². The molecule has 2 aromatic carbocycles. The molecule has 3 amide bonds. The molecule has 0 bridgehead atoms. The average molecular weight is 436 g/mol. The lowest BCUT2D eigenvalue weighted by molar-refractivity contribution is -0.123. The topological polar surface area (TPSA) is 115 Å². The van der Waals surface area contributed by atoms with Crippen molar-refractivity contribution >= 4 is 40.4 Å². The zero-order chi connectivity index (χ0) is 22.1. The molecule has 8 nitrogen and oxygen atoms in total. The molecule has 0 spiro atoms. The number of thiazole rings is 1. The Labute approximate surface area is 182 Å². The number of amides is 3. The van der Waals surface area contributed by atoms with Crippen LogP contribution in [0.4, 0.5) is 11.4 Å². The van der Waals surface area contributed by atoms with Crippen LogP contribution in [0.1, 0.15) is 20.2 Å². The van der Waals surface area contributed by atoms with Crippen LogP contribution in [0.15, 0.2) is 42.5 Å². The predicted octanol–water partition coefficient (Wildman–Crippen LogP) is 2.89. The molecule has 0 fully saturated rings. The number of aryl methyl sites for hydroxylation is 2. The van der Waals surface area contributed by atoms with Gasteiger partial charge >= 0.3 is 0 Å². The van der Waals surface area contributed by atoms with Crippen LogP contribution >= 0.6 is 11.3 Å². The molecule has 9 heteroatoms. The van der Waals surface area contributed by atoms with Gasteiger partial charge in [-0.05, 0) is 44.2 Å². The van der Waals surface area contributed by atoms with Gasteiger partial charge in [-0.2, -0.15) is 0 Å². The number of carbonyl (C=O) groups excluding carboxylic acids is 3. The van der Waals surface area contributed by atoms with Gasteiger partial charge in [0.15, 0.2) is 6.61 Å². The highest BCUT2D eigenvalue weighted by Gasteiger charge is 2.28. The summed E-state index contributed by atoms with van der Waals surface area (Å²) >= 11 is 1.59. The number of fused-ring (bicyclic) bond motifs is 1. The zero-order valence-electron chi connectivity index (χ0n) is 17.0. The highest BCUT2D eigenvalue weighted by Crippen LogP contribution is 2.37. The predicted molar refractivity (Wildman–Crippen MR) is 118 cm³/mol. The molecule has 1 aromatic heterocycles. The summed E-state index contributed by atoms with van der Waals surface area (Å²) in [7, 11) is 0. The third-order valence-corrected chi connectivity index (χ3v) is 5.73. The fraction of sp³-hybridized carbons (Fsp3) is 0.182. The van der Waals surface area contributed by atoms with Crippen LogP contribution < -0.4 is 20.7 Å². The summed E-state index contributed by atoms with van der Waals surface area (Å²) in [5, 5.41) is 3.61. The van der Waals surface area contributed by atoms with Crippen molar-refractivity contribution in [2.75, 3.05) is 23.4 Å². The van der Waals surface area contributed by atoms with Gasteiger partial charge in [0.05, 0.1) is 27.6 Å². The van der Waals surface area contributed by atoms with Crippen molar-refractivity contribution in [1.82, 2.24) is 4.98 Å². The number of para-hydroxylation sites is 1. The van der Waals surface area contributed by atoms with E-state index in [1.807, 2.05) is 19.9 Å². The minimum Gasteiger partial charge on any atom is -0.482 e. The summed E-state index contributed by atoms with van der Waals surface area (Å²) in [6.45, 7) is 3.53. The van der Waals surface area contributed by atoms with Crippen molar-refractivity contribution in [3.63, 3.8) is 0 Å². The molecule has 158 valence electrons. The van der Waals surface area contributed by atoms with Crippen LogP contribution in [0, 0.1) is 13.8 Å². The molecule has 2 heterocycles. The molecule has 1 aliphatic heterocycles. The molecule has 0 unspecified atom stereocenters. The van der Waals surface area contributed by atoms with E-state index in [0.29, 0.717) is 17.1 Å². The lowest BCUT2D eigenvalue weighted by Gasteiger charge is -2.29. The summed E-state index contributed by atoms with van der Waals surface area (Å²) in [5.41, 5.74) is 8.03. The third kappa shape index (κ3) is 4.13. The lowest BCUT2D eigenvalue weighted by Crippen LogP contribution is -2.43. The second kappa shape index (κ2) is 8.19. The third-order valence-electron chi connectivity index (χ3n) is 4.85. The smallest absolute Gasteiger partial charge is 0.265 e. The summed E-state index contributed by atoms with van der Waals surface area (Å²) in [6.07, 6.45) is 0. The van der Waals surface area contributed by atoms with Crippen molar-refractivity contribution in [3.8, 4) is 17.0 Å². The summed E-state index contributed by atoms with van der Waals surface area (Å²) in [6, 6.07) is 11.9. The van der Waals surface area contributed by atoms with Crippen LogP contribution in [0.2, 0.25) is 0 Å². The number of primary amides is 1. The SMILES string of the molecule is Cc1nc(-c2ccc3c(c2)N(CC(=O)Nc2ccccc2C(N)=O)C(=O)CO3)c(C)s1. The van der Waals surface area contributed by atoms with E-state index in [0.717, 1.165) is 21.1 Å². The first-order chi connectivity index (χ1) is 14.8. The minimum absolute atomic E-state index is 0.160. The van der Waals surface area contributed by atoms with E-state index in [1.165, 1.54) is 11.0 Å². The Hall–Kier alpha value is -3.72. The van der Waals surface area contributed by atoms with Crippen LogP contribution in [0.25, 0.3) is 11.3 Å². The molecule has 0 radical (unpaired) electrons. The lowest BCUT2D eigenvalue weighted by atomic mass is 10.1. The van der Waals surface area contributed by atoms with Gasteiger partial charge in [-0.3, -0.25) is 19.3 Å². The number of benzene rings is 2. The number of nitrogens with one attached hydrogen (secondary N) is 1. The first-order valence-electron chi connectivity index (χ1n) is 9.54. The standard InChI is InChI=1S/C22H20N4O4S/c1-12-21(24-13(2)31-12)14-7-8-18-17(9-14)26(20(28)11-30-18)10-19(27)25-16-6-4-3-5-15(16)22(23)29/h3-9H,10-11H2,1-2H3,(H2,23,29)(H,25,27). The Morgan fingerprint density at radius 1 is 1.23 bits per heavy atom. The highest BCUT2D eigenvalue weighted by atomic mass is 32.1. The largest absolute Gasteiger partial charge is 0.482 e. The Kier molecular flexibility index (Phi) is 5.43. The molecular weight excluding hydrogens is 416 g/mol. The summed E-state index contributed by atoms with van der Waals surface area (Å²) in [5.74, 6) is -0.935. The Morgan fingerprint density at radius 2 is 2.00 bits per heavy atom. The molecule has 4 rings (SSSR count). The quantitative estimate of drug-likeness (QED) is 0.638. The van der Waals surface area contributed by atoms with Gasteiger partial charge in [-0.15, -0.1) is 11.3 Å². The number of carbonyl (C=O) groups is 3. The Morgan fingerprint density at radius 3 is 2.71 bits per heavy atom. The molecule has 0 atom stereocenters. The molecular formula is C22H20N4O4S. The van der Waals surface area contributed by atoms with Crippen molar-refractivity contribution in [1.29, 1.82) is 0 Å². The number of nitrogens with zero attached hydrogens (tertiary/aromatic N) is 2. The minimum atomic E-state index is -0.651. The molecule has 3 aromatic rings. The maximum absolute atomic E-state index is 12.7. The maximum Gasteiger partial charge on any atom is 0.265 e. The number of nitrogens with two attached hydrogens (primary N) is 1. The van der Waals surface area contributed by atoms with Crippen LogP contribution in [0.5, 0.6) is 5.75 Å². The van der Waals surface area contributed by atoms with E-state index in [4.69, 9.17) is 10.5 Å². The van der Waals surface area contributed by atoms with Crippen molar-refractivity contribution in [3.05, 3.63) is 57.9 Å². The maximum atomic E-state index is 12.7. The summed E-state index contributed by atoms with van der Waals surface area (Å²) < 4.78 is 5.54. The van der Waals surface area contributed by atoms with E-state index in [9.17, 15) is 14.4 Å². The van der Waals surface area contributed by atoms with Crippen LogP contribution in [-0.2, 0) is 9.59 Å². The first-order valence-corrected chi connectivity index (χ1v) is 10.4. The van der Waals surface area contributed by atoms with E-state index < -0.39 is 11.8 Å². The number of ether oxygens (including phenoxy) is 1. The second-order valence-corrected chi connectivity index (χ2v) is 8.45. The van der Waals surface area contributed by atoms with Gasteiger partial charge in [-0.25, -0.2) is 4.98 Å². The van der Waals surface area contributed by atoms with Crippen molar-refractivity contribution < 1.29 is 19.1 Å². The van der Waals surface area contributed by atoms with Crippen molar-refractivity contribution in [2.24, 2.45) is 5.73 Å². The van der Waals surface area contributed by atoms with E-state index >= 15 is 0 Å². The fourth-order valence-corrected chi connectivity index (χ4v) is 4.30. The second-order valence-electron chi connectivity index (χ2n) is 7.05. The molecule has 1 aliphatic rings. The number of hydrogen-bond acceptors (Lipinski definition) is 6. The monoisotopic (exact) mass is 436 g/mol. The fourth-order valence-electron chi connectivity index (χ4n) is 3.46. The van der Waals surface area contributed by atoms with Crippen LogP contribution in [-0.4, -0.2) is 35.9 Å². The number of aromatic nitrogens is 1. The van der Waals surface area contributed by atoms with E-state index in [-0.39, 0.29) is 24.6 Å². The average Bonchev–Trinajstić information content (AvgIpc) is 3.08. The Bertz CT molecular complexity index is 1200. The molecule has 3 N–H and O–H groups in total. The molecule has 0 saturated heterocycles. The number of hydrogen-bond donors (Lipinski definition) is 2. The zero-order valence-corrected chi connectivity index (χ0v) is 17.8. The van der Waals surface area contributed by atoms with Crippen molar-refractivity contribution in [2.45, 2.75) is 13.8 Å². The van der Waals surface area contributed by atoms with Gasteiger partial charge in [0.25, 0.3) is 11.8 Å². The molecule has 0 aliphatic carbocycles. The van der Waals surface area contributed by atoms with Gasteiger partial charge in [0.2, 0.25) is 5.91 Å².